The van der Waals surface area contributed by atoms with Crippen molar-refractivity contribution in [3.8, 4) is 0 Å². The molecule has 2 fully saturated rings. The maximum atomic E-state index is 12.3. The van der Waals surface area contributed by atoms with E-state index in [9.17, 15) is 14.7 Å². The molecule has 1 saturated heterocycles. The summed E-state index contributed by atoms with van der Waals surface area (Å²) in [5, 5.41) is 25.3. The number of carbonyl (C=O) groups is 1. The number of nitrogens with zero attached hydrogens (tertiary/aromatic N) is 3. The fourth-order valence-electron chi connectivity index (χ4n) is 3.71. The van der Waals surface area contributed by atoms with Crippen LogP contribution in [0.25, 0.3) is 0 Å². The number of aliphatic hydroxyl groups is 2. The van der Waals surface area contributed by atoms with E-state index in [1.807, 2.05) is 4.90 Å². The fourth-order valence-corrected chi connectivity index (χ4v) is 3.97. The van der Waals surface area contributed by atoms with Crippen LogP contribution in [0.2, 0.25) is 5.02 Å². The number of alkyl carbamates (subject to hydrolysis) is 1. The maximum Gasteiger partial charge on any atom is 0.407 e. The van der Waals surface area contributed by atoms with Gasteiger partial charge in [-0.15, -0.1) is 0 Å². The lowest BCUT2D eigenvalue weighted by atomic mass is 9.96. The third-order valence-electron chi connectivity index (χ3n) is 5.25. The highest BCUT2D eigenvalue weighted by Gasteiger charge is 2.29. The van der Waals surface area contributed by atoms with Gasteiger partial charge in [-0.3, -0.25) is 4.79 Å². The molecule has 2 atom stereocenters. The van der Waals surface area contributed by atoms with E-state index in [-0.39, 0.29) is 23.7 Å². The van der Waals surface area contributed by atoms with Gasteiger partial charge in [-0.1, -0.05) is 30.9 Å². The van der Waals surface area contributed by atoms with E-state index in [1.54, 1.807) is 0 Å². The Morgan fingerprint density at radius 2 is 2.11 bits per heavy atom. The van der Waals surface area contributed by atoms with Gasteiger partial charge in [0.05, 0.1) is 37.7 Å². The van der Waals surface area contributed by atoms with Crippen LogP contribution in [0.3, 0.4) is 0 Å². The summed E-state index contributed by atoms with van der Waals surface area (Å²) in [6, 6.07) is 0.194. The van der Waals surface area contributed by atoms with Crippen molar-refractivity contribution in [1.82, 2.24) is 15.1 Å². The predicted molar refractivity (Wildman–Crippen MR) is 104 cm³/mol. The average molecular weight is 415 g/mol. The topological polar surface area (TPSA) is 117 Å². The van der Waals surface area contributed by atoms with Gasteiger partial charge in [-0.2, -0.15) is 5.10 Å². The molecule has 2 aliphatic rings. The van der Waals surface area contributed by atoms with Gasteiger partial charge in [0.2, 0.25) is 0 Å². The smallest absolute Gasteiger partial charge is 0.407 e. The van der Waals surface area contributed by atoms with E-state index in [1.165, 1.54) is 12.6 Å². The van der Waals surface area contributed by atoms with Crippen LogP contribution in [-0.2, 0) is 11.3 Å². The van der Waals surface area contributed by atoms with Gasteiger partial charge in [0, 0.05) is 19.0 Å². The van der Waals surface area contributed by atoms with Crippen LogP contribution in [-0.4, -0.2) is 64.0 Å². The Kier molecular flexibility index (Phi) is 7.14. The van der Waals surface area contributed by atoms with Crippen molar-refractivity contribution >= 4 is 23.4 Å². The van der Waals surface area contributed by atoms with E-state index >= 15 is 0 Å². The number of hydrogen-bond acceptors (Lipinski definition) is 7. The second-order valence-electron chi connectivity index (χ2n) is 7.41. The number of ether oxygens (including phenoxy) is 1. The van der Waals surface area contributed by atoms with Gasteiger partial charge in [0.25, 0.3) is 5.56 Å². The molecule has 1 aromatic rings. The Balaban J connectivity index is 1.56. The molecular formula is C18H27ClN4O5. The minimum Gasteiger partial charge on any atom is -0.444 e. The van der Waals surface area contributed by atoms with E-state index < -0.39 is 24.4 Å². The number of halogens is 1. The molecule has 0 radical (unpaired) electrons. The number of aromatic nitrogens is 2. The quantitative estimate of drug-likeness (QED) is 0.632. The predicted octanol–water partition coefficient (Wildman–Crippen LogP) is 0.887. The minimum atomic E-state index is -1.08. The lowest BCUT2D eigenvalue weighted by Crippen LogP contribution is -2.39. The molecule has 3 rings (SSSR count). The summed E-state index contributed by atoms with van der Waals surface area (Å²) in [5.41, 5.74) is -0.0636. The highest BCUT2D eigenvalue weighted by atomic mass is 35.5. The second kappa shape index (κ2) is 9.58. The first-order valence-electron chi connectivity index (χ1n) is 9.74. The molecule has 1 amide bonds. The molecule has 2 heterocycles. The standard InChI is InChI=1S/C18H27ClN4O5/c19-16-15(8-20-23(17(16)26)9-13(25)11-24)22-7-6-14(10-22)28-18(27)21-12-4-2-1-3-5-12/h8,12-14,24-25H,1-7,9-11H2,(H,21,27)/t13?,14-/m1/s1. The first-order valence-corrected chi connectivity index (χ1v) is 10.1. The molecule has 9 nitrogen and oxygen atoms in total. The van der Waals surface area contributed by atoms with Crippen molar-refractivity contribution in [3.63, 3.8) is 0 Å². The zero-order valence-corrected chi connectivity index (χ0v) is 16.5. The largest absolute Gasteiger partial charge is 0.444 e. The Hall–Kier alpha value is -1.84. The molecule has 10 heteroatoms. The van der Waals surface area contributed by atoms with Gasteiger partial charge in [0.1, 0.15) is 11.1 Å². The highest BCUT2D eigenvalue weighted by Crippen LogP contribution is 2.26. The van der Waals surface area contributed by atoms with E-state index in [0.29, 0.717) is 25.2 Å². The summed E-state index contributed by atoms with van der Waals surface area (Å²) in [7, 11) is 0. The third kappa shape index (κ3) is 5.15. The van der Waals surface area contributed by atoms with Gasteiger partial charge in [0.15, 0.2) is 0 Å². The van der Waals surface area contributed by atoms with Crippen molar-refractivity contribution in [2.45, 2.75) is 63.3 Å². The van der Waals surface area contributed by atoms with Crippen LogP contribution in [0.4, 0.5) is 10.5 Å². The van der Waals surface area contributed by atoms with Crippen LogP contribution < -0.4 is 15.8 Å². The number of anilines is 1. The molecule has 156 valence electrons. The normalized spacial score (nSPS) is 21.5. The molecule has 1 saturated carbocycles. The molecule has 0 bridgehead atoms. The zero-order chi connectivity index (χ0) is 20.1. The van der Waals surface area contributed by atoms with Crippen LogP contribution in [0.5, 0.6) is 0 Å². The summed E-state index contributed by atoms with van der Waals surface area (Å²) in [6.45, 7) is 0.414. The Labute approximate surface area is 168 Å². The second-order valence-corrected chi connectivity index (χ2v) is 7.79. The van der Waals surface area contributed by atoms with Crippen LogP contribution >= 0.6 is 11.6 Å². The lowest BCUT2D eigenvalue weighted by molar-refractivity contribution is 0.0770. The van der Waals surface area contributed by atoms with Crippen LogP contribution in [0.15, 0.2) is 11.0 Å². The molecule has 0 aromatic carbocycles. The van der Waals surface area contributed by atoms with Crippen molar-refractivity contribution < 1.29 is 19.7 Å². The number of nitrogens with one attached hydrogen (secondary N) is 1. The highest BCUT2D eigenvalue weighted by molar-refractivity contribution is 6.33. The molecule has 3 N–H and O–H groups in total. The number of amides is 1. The van der Waals surface area contributed by atoms with E-state index in [2.05, 4.69) is 10.4 Å². The van der Waals surface area contributed by atoms with Crippen molar-refractivity contribution in [2.75, 3.05) is 24.6 Å². The molecule has 1 aliphatic carbocycles. The fraction of sp³-hybridized carbons (Fsp3) is 0.722. The molecule has 1 unspecified atom stereocenters. The molecule has 0 spiro atoms. The third-order valence-corrected chi connectivity index (χ3v) is 5.60. The maximum absolute atomic E-state index is 12.3. The van der Waals surface area contributed by atoms with Gasteiger partial charge < -0.3 is 25.2 Å². The summed E-state index contributed by atoms with van der Waals surface area (Å²) < 4.78 is 6.55. The van der Waals surface area contributed by atoms with E-state index in [0.717, 1.165) is 30.4 Å². The summed E-state index contributed by atoms with van der Waals surface area (Å²) in [6.07, 6.45) is 5.82. The molecule has 1 aliphatic heterocycles. The first kappa shape index (κ1) is 20.9. The minimum absolute atomic E-state index is 0.00699. The van der Waals surface area contributed by atoms with Gasteiger partial charge >= 0.3 is 6.09 Å². The SMILES string of the molecule is O=C(NC1CCCCC1)O[C@@H]1CCN(c2cnn(CC(O)CO)c(=O)c2Cl)C1. The Morgan fingerprint density at radius 3 is 2.82 bits per heavy atom. The molecule has 1 aromatic heterocycles. The number of carbonyl (C=O) groups excluding carboxylic acids is 1. The summed E-state index contributed by atoms with van der Waals surface area (Å²) in [5.74, 6) is 0. The van der Waals surface area contributed by atoms with E-state index in [4.69, 9.17) is 21.4 Å². The molecular weight excluding hydrogens is 388 g/mol. The Bertz CT molecular complexity index is 737. The summed E-state index contributed by atoms with van der Waals surface area (Å²) >= 11 is 6.21. The number of rotatable bonds is 6. The first-order chi connectivity index (χ1) is 13.5. The van der Waals surface area contributed by atoms with Crippen LogP contribution in [0, 0.1) is 0 Å². The monoisotopic (exact) mass is 414 g/mol. The number of hydrogen-bond donors (Lipinski definition) is 3. The van der Waals surface area contributed by atoms with Crippen molar-refractivity contribution in [1.29, 1.82) is 0 Å². The lowest BCUT2D eigenvalue weighted by Gasteiger charge is -2.24. The van der Waals surface area contributed by atoms with Crippen molar-refractivity contribution in [3.05, 3.63) is 21.6 Å². The number of aliphatic hydroxyl groups excluding tert-OH is 2. The average Bonchev–Trinajstić information content (AvgIpc) is 3.14. The van der Waals surface area contributed by atoms with Gasteiger partial charge in [-0.25, -0.2) is 9.48 Å². The Morgan fingerprint density at radius 1 is 1.36 bits per heavy atom. The van der Waals surface area contributed by atoms with Crippen LogP contribution in [0.1, 0.15) is 38.5 Å². The van der Waals surface area contributed by atoms with Crippen molar-refractivity contribution in [2.24, 2.45) is 0 Å². The van der Waals surface area contributed by atoms with Gasteiger partial charge in [-0.05, 0) is 12.8 Å². The summed E-state index contributed by atoms with van der Waals surface area (Å²) in [4.78, 5) is 26.3. The molecule has 28 heavy (non-hydrogen) atoms. The zero-order valence-electron chi connectivity index (χ0n) is 15.7.